The summed E-state index contributed by atoms with van der Waals surface area (Å²) in [6.07, 6.45) is 1.68. The van der Waals surface area contributed by atoms with E-state index in [4.69, 9.17) is 14.2 Å². The Morgan fingerprint density at radius 2 is 1.85 bits per heavy atom. The van der Waals surface area contributed by atoms with Gasteiger partial charge in [0.15, 0.2) is 11.5 Å². The maximum atomic E-state index is 11.7. The number of benzene rings is 2. The molecule has 0 amide bonds. The molecule has 1 N–H and O–H groups in total. The number of methoxy groups -OCH3 is 3. The van der Waals surface area contributed by atoms with Crippen LogP contribution in [0.1, 0.15) is 38.7 Å². The first kappa shape index (κ1) is 17.7. The molecular weight excluding hydrogens is 346 g/mol. The Kier molecular flexibility index (Phi) is 4.44. The third-order valence-electron chi connectivity index (χ3n) is 5.68. The molecule has 2 heterocycles. The van der Waals surface area contributed by atoms with E-state index in [1.54, 1.807) is 20.3 Å². The van der Waals surface area contributed by atoms with E-state index in [-0.39, 0.29) is 11.6 Å². The summed E-state index contributed by atoms with van der Waals surface area (Å²) in [6, 6.07) is 7.86. The zero-order chi connectivity index (χ0) is 19.1. The number of fused-ring (bicyclic) bond motifs is 4. The fraction of sp³-hybridized carbons (Fsp3) is 0.381. The predicted octanol–water partition coefficient (Wildman–Crippen LogP) is 3.07. The summed E-state index contributed by atoms with van der Waals surface area (Å²) >= 11 is 0. The Bertz CT molecular complexity index is 908. The molecule has 27 heavy (non-hydrogen) atoms. The minimum atomic E-state index is -0.964. The summed E-state index contributed by atoms with van der Waals surface area (Å²) in [7, 11) is 4.83. The van der Waals surface area contributed by atoms with Crippen LogP contribution in [0.4, 0.5) is 0 Å². The second kappa shape index (κ2) is 6.78. The van der Waals surface area contributed by atoms with Gasteiger partial charge in [-0.05, 0) is 47.7 Å². The van der Waals surface area contributed by atoms with E-state index < -0.39 is 5.97 Å². The van der Waals surface area contributed by atoms with Gasteiger partial charge in [0, 0.05) is 24.7 Å². The minimum Gasteiger partial charge on any atom is -0.496 e. The van der Waals surface area contributed by atoms with Crippen LogP contribution < -0.4 is 14.2 Å². The molecule has 4 rings (SSSR count). The van der Waals surface area contributed by atoms with E-state index >= 15 is 0 Å². The molecule has 0 saturated carbocycles. The first-order chi connectivity index (χ1) is 13.1. The smallest absolute Gasteiger partial charge is 0.339 e. The van der Waals surface area contributed by atoms with E-state index in [1.165, 1.54) is 18.2 Å². The number of carboxylic acid groups (broad SMARTS) is 1. The van der Waals surface area contributed by atoms with E-state index in [2.05, 4.69) is 11.0 Å². The molecule has 0 spiro atoms. The van der Waals surface area contributed by atoms with Crippen molar-refractivity contribution in [3.05, 3.63) is 52.1 Å². The fourth-order valence-electron chi connectivity index (χ4n) is 4.35. The van der Waals surface area contributed by atoms with Gasteiger partial charge < -0.3 is 19.3 Å². The highest BCUT2D eigenvalue weighted by Crippen LogP contribution is 2.44. The molecule has 6 heteroatoms. The summed E-state index contributed by atoms with van der Waals surface area (Å²) in [4.78, 5) is 14.0. The number of hydrogen-bond acceptors (Lipinski definition) is 5. The van der Waals surface area contributed by atoms with E-state index in [9.17, 15) is 9.90 Å². The average molecular weight is 369 g/mol. The van der Waals surface area contributed by atoms with Crippen LogP contribution in [-0.2, 0) is 19.4 Å². The molecule has 2 aromatic rings. The van der Waals surface area contributed by atoms with Crippen molar-refractivity contribution in [3.63, 3.8) is 0 Å². The fourth-order valence-corrected chi connectivity index (χ4v) is 4.35. The number of carbonyl (C=O) groups is 1. The van der Waals surface area contributed by atoms with Crippen molar-refractivity contribution in [3.8, 4) is 17.2 Å². The van der Waals surface area contributed by atoms with Crippen molar-refractivity contribution in [2.24, 2.45) is 0 Å². The van der Waals surface area contributed by atoms with Gasteiger partial charge in [0.25, 0.3) is 0 Å². The molecule has 0 fully saturated rings. The molecule has 0 aliphatic carbocycles. The molecule has 0 radical (unpaired) electrons. The van der Waals surface area contributed by atoms with Crippen LogP contribution in [0.5, 0.6) is 17.2 Å². The molecular formula is C21H23NO5. The summed E-state index contributed by atoms with van der Waals surface area (Å²) in [5.41, 5.74) is 4.84. The number of carboxylic acids is 1. The number of rotatable bonds is 4. The Balaban J connectivity index is 1.78. The lowest BCUT2D eigenvalue weighted by Crippen LogP contribution is -2.39. The van der Waals surface area contributed by atoms with Crippen molar-refractivity contribution in [1.82, 2.24) is 4.90 Å². The van der Waals surface area contributed by atoms with Gasteiger partial charge in [-0.25, -0.2) is 4.79 Å². The molecule has 6 nitrogen and oxygen atoms in total. The summed E-state index contributed by atoms with van der Waals surface area (Å²) < 4.78 is 16.4. The first-order valence-electron chi connectivity index (χ1n) is 8.98. The number of ether oxygens (including phenoxy) is 3. The lowest BCUT2D eigenvalue weighted by molar-refractivity contribution is 0.0692. The van der Waals surface area contributed by atoms with Crippen molar-refractivity contribution in [2.45, 2.75) is 25.4 Å². The molecule has 1 unspecified atom stereocenters. The van der Waals surface area contributed by atoms with Crippen LogP contribution in [0.3, 0.4) is 0 Å². The minimum absolute atomic E-state index is 0.156. The SMILES string of the molecule is COc1cc2c(cc1C(=O)O)C1Cc3ccc(OC)c(OC)c3CN1CC2. The van der Waals surface area contributed by atoms with Gasteiger partial charge in [-0.3, -0.25) is 4.90 Å². The van der Waals surface area contributed by atoms with Crippen LogP contribution in [-0.4, -0.2) is 43.8 Å². The van der Waals surface area contributed by atoms with Gasteiger partial charge in [-0.15, -0.1) is 0 Å². The number of aromatic carboxylic acids is 1. The highest BCUT2D eigenvalue weighted by molar-refractivity contribution is 5.91. The van der Waals surface area contributed by atoms with E-state index in [0.29, 0.717) is 5.75 Å². The number of hydrogen-bond donors (Lipinski definition) is 1. The molecule has 2 aliphatic rings. The summed E-state index contributed by atoms with van der Waals surface area (Å²) in [5, 5.41) is 9.55. The van der Waals surface area contributed by atoms with E-state index in [0.717, 1.165) is 48.6 Å². The van der Waals surface area contributed by atoms with Crippen LogP contribution in [0.2, 0.25) is 0 Å². The van der Waals surface area contributed by atoms with E-state index in [1.807, 2.05) is 12.1 Å². The van der Waals surface area contributed by atoms with Gasteiger partial charge in [0.2, 0.25) is 0 Å². The molecule has 0 saturated heterocycles. The maximum absolute atomic E-state index is 11.7. The van der Waals surface area contributed by atoms with Crippen molar-refractivity contribution >= 4 is 5.97 Å². The normalized spacial score (nSPS) is 18.1. The van der Waals surface area contributed by atoms with Crippen molar-refractivity contribution < 1.29 is 24.1 Å². The molecule has 2 aromatic carbocycles. The standard InChI is InChI=1S/C21H23NO5/c1-25-18-5-4-12-8-17-14-10-15(21(23)24)19(26-2)9-13(14)6-7-22(17)11-16(12)20(18)27-3/h4-5,9-10,17H,6-8,11H2,1-3H3,(H,23,24). The van der Waals surface area contributed by atoms with Gasteiger partial charge in [0.05, 0.1) is 21.3 Å². The topological polar surface area (TPSA) is 68.2 Å². The lowest BCUT2D eigenvalue weighted by Gasteiger charge is -2.42. The molecule has 0 bridgehead atoms. The average Bonchev–Trinajstić information content (AvgIpc) is 2.70. The highest BCUT2D eigenvalue weighted by atomic mass is 16.5. The zero-order valence-corrected chi connectivity index (χ0v) is 15.7. The third kappa shape index (κ3) is 2.80. The van der Waals surface area contributed by atoms with Crippen LogP contribution in [0.15, 0.2) is 24.3 Å². The second-order valence-electron chi connectivity index (χ2n) is 6.94. The molecule has 0 aromatic heterocycles. The van der Waals surface area contributed by atoms with Gasteiger partial charge in [0.1, 0.15) is 11.3 Å². The lowest BCUT2D eigenvalue weighted by atomic mass is 9.83. The Morgan fingerprint density at radius 3 is 2.52 bits per heavy atom. The van der Waals surface area contributed by atoms with Crippen molar-refractivity contribution in [2.75, 3.05) is 27.9 Å². The first-order valence-corrected chi connectivity index (χ1v) is 8.98. The largest absolute Gasteiger partial charge is 0.496 e. The Morgan fingerprint density at radius 1 is 1.07 bits per heavy atom. The molecule has 2 aliphatic heterocycles. The highest BCUT2D eigenvalue weighted by Gasteiger charge is 2.35. The Hall–Kier alpha value is -2.73. The van der Waals surface area contributed by atoms with Gasteiger partial charge in [-0.2, -0.15) is 0 Å². The van der Waals surface area contributed by atoms with Gasteiger partial charge in [-0.1, -0.05) is 6.07 Å². The monoisotopic (exact) mass is 369 g/mol. The quantitative estimate of drug-likeness (QED) is 0.893. The van der Waals surface area contributed by atoms with Crippen LogP contribution in [0, 0.1) is 0 Å². The third-order valence-corrected chi connectivity index (χ3v) is 5.68. The summed E-state index contributed by atoms with van der Waals surface area (Å²) in [5.74, 6) is 0.997. The Labute approximate surface area is 158 Å². The maximum Gasteiger partial charge on any atom is 0.339 e. The predicted molar refractivity (Wildman–Crippen MR) is 100 cm³/mol. The van der Waals surface area contributed by atoms with Crippen molar-refractivity contribution in [1.29, 1.82) is 0 Å². The zero-order valence-electron chi connectivity index (χ0n) is 15.7. The van der Waals surface area contributed by atoms with Gasteiger partial charge >= 0.3 is 5.97 Å². The van der Waals surface area contributed by atoms with Crippen LogP contribution >= 0.6 is 0 Å². The summed E-state index contributed by atoms with van der Waals surface area (Å²) in [6.45, 7) is 1.67. The number of nitrogens with zero attached hydrogens (tertiary/aromatic N) is 1. The van der Waals surface area contributed by atoms with Crippen LogP contribution in [0.25, 0.3) is 0 Å². The second-order valence-corrected chi connectivity index (χ2v) is 6.94. The molecule has 1 atom stereocenters. The molecule has 142 valence electrons.